The summed E-state index contributed by atoms with van der Waals surface area (Å²) < 4.78 is 34.9. The Morgan fingerprint density at radius 2 is 1.48 bits per heavy atom. The lowest BCUT2D eigenvalue weighted by molar-refractivity contribution is -0.843. The molecular weight excluding hydrogens is 553 g/mol. The Morgan fingerprint density at radius 1 is 0.905 bits per heavy atom. The number of rotatable bonds is 24. The monoisotopic (exact) mass is 610 g/mol. The van der Waals surface area contributed by atoms with Gasteiger partial charge >= 0.3 is 13.8 Å². The lowest BCUT2D eigenvalue weighted by Gasteiger charge is -2.24. The van der Waals surface area contributed by atoms with Crippen molar-refractivity contribution in [3.05, 3.63) is 47.9 Å². The van der Waals surface area contributed by atoms with Crippen molar-refractivity contribution in [3.8, 4) is 0 Å². The maximum atomic E-state index is 12.6. The van der Waals surface area contributed by atoms with E-state index in [1.165, 1.54) is 83.3 Å². The van der Waals surface area contributed by atoms with Gasteiger partial charge in [-0.1, -0.05) is 109 Å². The van der Waals surface area contributed by atoms with Crippen molar-refractivity contribution in [1.29, 1.82) is 0 Å². The first-order chi connectivity index (χ1) is 20.2. The van der Waals surface area contributed by atoms with Crippen LogP contribution in [0.1, 0.15) is 120 Å². The van der Waals surface area contributed by atoms with E-state index in [4.69, 9.17) is 18.5 Å². The van der Waals surface area contributed by atoms with Crippen LogP contribution in [0.25, 0.3) is 0 Å². The van der Waals surface area contributed by atoms with Crippen LogP contribution in [0, 0.1) is 0 Å². The third kappa shape index (κ3) is 16.2. The second kappa shape index (κ2) is 21.1. The fourth-order valence-electron chi connectivity index (χ4n) is 5.16. The molecule has 9 heteroatoms. The molecule has 1 aliphatic heterocycles. The molecule has 1 heterocycles. The number of unbranched alkanes of at least 4 members (excludes halogenated alkanes) is 13. The highest BCUT2D eigenvalue weighted by molar-refractivity contribution is 7.47. The number of likely N-dealkylation sites (tertiary alicyclic amines) is 1. The highest BCUT2D eigenvalue weighted by Gasteiger charge is 2.32. The van der Waals surface area contributed by atoms with Gasteiger partial charge in [0.05, 0.1) is 39.4 Å². The van der Waals surface area contributed by atoms with Crippen LogP contribution in [0.3, 0.4) is 0 Å². The fourth-order valence-corrected chi connectivity index (χ4v) is 5.83. The zero-order chi connectivity index (χ0) is 30.5. The molecule has 1 saturated heterocycles. The number of hydrogen-bond acceptors (Lipinski definition) is 6. The third-order valence-corrected chi connectivity index (χ3v) is 8.75. The van der Waals surface area contributed by atoms with Crippen LogP contribution in [0.2, 0.25) is 0 Å². The SMILES string of the molecule is CCCCCCCCCCCCCCCCOCC(COP(=O)(O)OC=C1CCC[N+]1(C)C)OC(=O)c1ccccc1. The summed E-state index contributed by atoms with van der Waals surface area (Å²) >= 11 is 0. The Balaban J connectivity index is 1.65. The minimum atomic E-state index is -4.38. The Hall–Kier alpha value is -1.70. The Morgan fingerprint density at radius 3 is 2.02 bits per heavy atom. The molecule has 240 valence electrons. The number of phosphoric acid groups is 1. The smallest absolute Gasteiger partial charge is 0.454 e. The van der Waals surface area contributed by atoms with Gasteiger partial charge in [-0.25, -0.2) is 9.36 Å². The molecule has 1 fully saturated rings. The summed E-state index contributed by atoms with van der Waals surface area (Å²) in [7, 11) is -0.325. The molecule has 1 N–H and O–H groups in total. The predicted molar refractivity (Wildman–Crippen MR) is 168 cm³/mol. The van der Waals surface area contributed by atoms with Gasteiger partial charge in [0.25, 0.3) is 0 Å². The Labute approximate surface area is 255 Å². The summed E-state index contributed by atoms with van der Waals surface area (Å²) in [6.45, 7) is 3.50. The third-order valence-electron chi connectivity index (χ3n) is 7.90. The highest BCUT2D eigenvalue weighted by atomic mass is 31.2. The summed E-state index contributed by atoms with van der Waals surface area (Å²) in [4.78, 5) is 22.9. The van der Waals surface area contributed by atoms with Gasteiger partial charge in [-0.3, -0.25) is 13.9 Å². The molecule has 0 bridgehead atoms. The molecule has 2 rings (SSSR count). The van der Waals surface area contributed by atoms with Crippen molar-refractivity contribution in [1.82, 2.24) is 0 Å². The lowest BCUT2D eigenvalue weighted by Crippen LogP contribution is -2.33. The van der Waals surface area contributed by atoms with E-state index >= 15 is 0 Å². The van der Waals surface area contributed by atoms with Crippen LogP contribution < -0.4 is 0 Å². The van der Waals surface area contributed by atoms with Crippen molar-refractivity contribution >= 4 is 13.8 Å². The van der Waals surface area contributed by atoms with Crippen molar-refractivity contribution in [2.45, 2.75) is 116 Å². The number of hydrogen-bond donors (Lipinski definition) is 1. The molecule has 0 aliphatic carbocycles. The maximum absolute atomic E-state index is 12.6. The van der Waals surface area contributed by atoms with Crippen LogP contribution in [-0.2, 0) is 23.1 Å². The molecule has 1 aliphatic rings. The standard InChI is InChI=1S/C33H56NO7P/c1-4-5-6-7-8-9-10-11-12-13-14-15-16-20-26-38-28-32(41-33(35)30-22-18-17-19-23-30)29-40-42(36,37)39-27-31-24-21-25-34(31,2)3/h17-19,22-23,27,32H,4-16,20-21,24-26,28-29H2,1-3H3/p+1. The molecule has 0 spiro atoms. The summed E-state index contributed by atoms with van der Waals surface area (Å²) in [6, 6.07) is 8.63. The molecule has 0 saturated carbocycles. The molecule has 2 unspecified atom stereocenters. The summed E-state index contributed by atoms with van der Waals surface area (Å²) in [5, 5.41) is 0. The molecule has 0 amide bonds. The van der Waals surface area contributed by atoms with Gasteiger partial charge in [0, 0.05) is 19.4 Å². The average molecular weight is 611 g/mol. The summed E-state index contributed by atoms with van der Waals surface area (Å²) in [5.41, 5.74) is 1.32. The van der Waals surface area contributed by atoms with Crippen molar-refractivity contribution in [2.24, 2.45) is 0 Å². The first kappa shape index (κ1) is 36.5. The number of benzene rings is 1. The van der Waals surface area contributed by atoms with E-state index in [-0.39, 0.29) is 13.2 Å². The van der Waals surface area contributed by atoms with Crippen LogP contribution in [0.5, 0.6) is 0 Å². The van der Waals surface area contributed by atoms with E-state index in [9.17, 15) is 14.3 Å². The minimum absolute atomic E-state index is 0.0715. The number of quaternary nitrogens is 1. The topological polar surface area (TPSA) is 91.3 Å². The molecule has 42 heavy (non-hydrogen) atoms. The number of phosphoric ester groups is 1. The second-order valence-electron chi connectivity index (χ2n) is 12.1. The zero-order valence-corrected chi connectivity index (χ0v) is 27.4. The first-order valence-corrected chi connectivity index (χ1v) is 17.7. The van der Waals surface area contributed by atoms with E-state index < -0.39 is 19.9 Å². The lowest BCUT2D eigenvalue weighted by atomic mass is 10.0. The fraction of sp³-hybridized carbons (Fsp3) is 0.727. The molecule has 8 nitrogen and oxygen atoms in total. The maximum Gasteiger partial charge on any atom is 0.527 e. The molecule has 0 aromatic heterocycles. The van der Waals surface area contributed by atoms with Gasteiger partial charge < -0.3 is 14.0 Å². The van der Waals surface area contributed by atoms with Crippen LogP contribution in [-0.4, -0.2) is 61.9 Å². The summed E-state index contributed by atoms with van der Waals surface area (Å²) in [5.74, 6) is -0.537. The van der Waals surface area contributed by atoms with Gasteiger partial charge in [-0.15, -0.1) is 0 Å². The van der Waals surface area contributed by atoms with E-state index in [0.717, 1.165) is 37.9 Å². The van der Waals surface area contributed by atoms with E-state index in [1.807, 2.05) is 20.2 Å². The number of esters is 1. The van der Waals surface area contributed by atoms with Crippen molar-refractivity contribution < 1.29 is 37.3 Å². The quantitative estimate of drug-likeness (QED) is 0.0412. The van der Waals surface area contributed by atoms with E-state index in [2.05, 4.69) is 6.92 Å². The van der Waals surface area contributed by atoms with E-state index in [0.29, 0.717) is 16.7 Å². The normalized spacial score (nSPS) is 17.7. The zero-order valence-electron chi connectivity index (χ0n) is 26.5. The Kier molecular flexibility index (Phi) is 18.3. The number of carbonyl (C=O) groups excluding carboxylic acids is 1. The van der Waals surface area contributed by atoms with Crippen LogP contribution >= 0.6 is 7.82 Å². The van der Waals surface area contributed by atoms with Gasteiger partial charge in [-0.05, 0) is 18.6 Å². The van der Waals surface area contributed by atoms with E-state index in [1.54, 1.807) is 24.3 Å². The minimum Gasteiger partial charge on any atom is -0.454 e. The summed E-state index contributed by atoms with van der Waals surface area (Å²) in [6.07, 6.45) is 20.3. The number of ether oxygens (including phenoxy) is 2. The van der Waals surface area contributed by atoms with Crippen LogP contribution in [0.4, 0.5) is 0 Å². The molecule has 2 atom stereocenters. The first-order valence-electron chi connectivity index (χ1n) is 16.3. The van der Waals surface area contributed by atoms with Gasteiger partial charge in [0.2, 0.25) is 0 Å². The molecule has 0 radical (unpaired) electrons. The Bertz CT molecular complexity index is 938. The average Bonchev–Trinajstić information content (AvgIpc) is 3.32. The molecular formula is C33H57NO7P+. The van der Waals surface area contributed by atoms with Gasteiger partial charge in [0.1, 0.15) is 11.8 Å². The number of carbonyl (C=O) groups is 1. The van der Waals surface area contributed by atoms with Crippen molar-refractivity contribution in [3.63, 3.8) is 0 Å². The molecule has 1 aromatic carbocycles. The predicted octanol–water partition coefficient (Wildman–Crippen LogP) is 8.56. The molecule has 1 aromatic rings. The largest absolute Gasteiger partial charge is 0.527 e. The van der Waals surface area contributed by atoms with Crippen LogP contribution in [0.15, 0.2) is 42.3 Å². The number of nitrogens with zero attached hydrogens (tertiary/aromatic N) is 1. The van der Waals surface area contributed by atoms with Gasteiger partial charge in [0.15, 0.2) is 6.26 Å². The number of allylic oxidation sites excluding steroid dienone is 1. The second-order valence-corrected chi connectivity index (χ2v) is 13.5. The van der Waals surface area contributed by atoms with Gasteiger partial charge in [-0.2, -0.15) is 0 Å². The highest BCUT2D eigenvalue weighted by Crippen LogP contribution is 2.45. The van der Waals surface area contributed by atoms with Crippen molar-refractivity contribution in [2.75, 3.05) is 40.5 Å².